The second-order valence-electron chi connectivity index (χ2n) is 5.22. The molecule has 1 aliphatic carbocycles. The van der Waals surface area contributed by atoms with E-state index in [9.17, 15) is 24.3 Å². The molecule has 3 rings (SSSR count). The van der Waals surface area contributed by atoms with Crippen molar-refractivity contribution >= 4 is 29.1 Å². The molecular formula is C16H10N2O6. The van der Waals surface area contributed by atoms with Gasteiger partial charge in [0.1, 0.15) is 11.4 Å². The minimum atomic E-state index is -1.34. The Hall–Kier alpha value is -3.55. The number of Topliss-reactive ketones (excluding diaryl/α,β-unsaturated/α-hetero) is 2. The van der Waals surface area contributed by atoms with Gasteiger partial charge in [0.2, 0.25) is 0 Å². The second-order valence-corrected chi connectivity index (χ2v) is 5.22. The Labute approximate surface area is 134 Å². The number of fused-ring (bicyclic) bond motifs is 3. The average Bonchev–Trinajstić information content (AvgIpc) is 2.96. The van der Waals surface area contributed by atoms with Crippen molar-refractivity contribution in [1.29, 1.82) is 0 Å². The van der Waals surface area contributed by atoms with Gasteiger partial charge in [-0.05, 0) is 12.1 Å². The molecule has 120 valence electrons. The lowest BCUT2D eigenvalue weighted by Crippen LogP contribution is -2.17. The van der Waals surface area contributed by atoms with E-state index in [0.29, 0.717) is 0 Å². The lowest BCUT2D eigenvalue weighted by Gasteiger charge is -2.19. The van der Waals surface area contributed by atoms with Crippen molar-refractivity contribution in [2.75, 3.05) is 0 Å². The fourth-order valence-electron chi connectivity index (χ4n) is 2.58. The van der Waals surface area contributed by atoms with Crippen LogP contribution in [-0.4, -0.2) is 43.7 Å². The first kappa shape index (κ1) is 15.3. The molecule has 2 aromatic rings. The van der Waals surface area contributed by atoms with Gasteiger partial charge in [-0.2, -0.15) is 0 Å². The monoisotopic (exact) mass is 326 g/mol. The van der Waals surface area contributed by atoms with Crippen LogP contribution < -0.4 is 0 Å². The van der Waals surface area contributed by atoms with E-state index in [-0.39, 0.29) is 45.0 Å². The first-order valence-electron chi connectivity index (χ1n) is 6.72. The number of carbonyl (C=O) groups is 4. The van der Waals surface area contributed by atoms with Gasteiger partial charge in [0.25, 0.3) is 0 Å². The van der Waals surface area contributed by atoms with Crippen LogP contribution in [0.1, 0.15) is 54.3 Å². The number of rotatable bonds is 3. The predicted molar refractivity (Wildman–Crippen MR) is 81.3 cm³/mol. The summed E-state index contributed by atoms with van der Waals surface area (Å²) in [4.78, 5) is 53.3. The average molecular weight is 326 g/mol. The molecule has 0 bridgehead atoms. The van der Waals surface area contributed by atoms with Crippen LogP contribution in [0.2, 0.25) is 0 Å². The Balaban J connectivity index is 2.43. The highest BCUT2D eigenvalue weighted by Crippen LogP contribution is 2.40. The van der Waals surface area contributed by atoms with Crippen LogP contribution in [0.25, 0.3) is 16.8 Å². The first-order chi connectivity index (χ1) is 11.2. The van der Waals surface area contributed by atoms with Gasteiger partial charge < -0.3 is 15.2 Å². The van der Waals surface area contributed by atoms with Crippen LogP contribution in [0.3, 0.4) is 0 Å². The van der Waals surface area contributed by atoms with E-state index in [2.05, 4.69) is 16.5 Å². The number of aromatic amines is 1. The minimum Gasteiger partial charge on any atom is -0.478 e. The van der Waals surface area contributed by atoms with Gasteiger partial charge in [-0.3, -0.25) is 9.59 Å². The van der Waals surface area contributed by atoms with Gasteiger partial charge in [0.05, 0.1) is 17.0 Å². The number of hydrogen-bond acceptors (Lipinski definition) is 5. The molecule has 0 aliphatic heterocycles. The van der Waals surface area contributed by atoms with E-state index in [1.165, 1.54) is 6.92 Å². The molecule has 0 unspecified atom stereocenters. The second kappa shape index (κ2) is 4.98. The molecule has 8 heteroatoms. The largest absolute Gasteiger partial charge is 0.478 e. The lowest BCUT2D eigenvalue weighted by molar-refractivity contribution is 0.0684. The summed E-state index contributed by atoms with van der Waals surface area (Å²) in [7, 11) is 0. The third-order valence-electron chi connectivity index (χ3n) is 3.71. The van der Waals surface area contributed by atoms with Crippen molar-refractivity contribution in [3.8, 4) is 11.3 Å². The Bertz CT molecular complexity index is 983. The molecule has 0 aromatic carbocycles. The molecule has 0 saturated heterocycles. The number of aromatic carboxylic acids is 2. The molecule has 2 aromatic heterocycles. The zero-order valence-corrected chi connectivity index (χ0v) is 12.3. The fraction of sp³-hybridized carbons (Fsp3) is 0.0625. The van der Waals surface area contributed by atoms with Gasteiger partial charge in [-0.1, -0.05) is 6.58 Å². The van der Waals surface area contributed by atoms with Crippen molar-refractivity contribution in [3.63, 3.8) is 0 Å². The van der Waals surface area contributed by atoms with E-state index >= 15 is 0 Å². The number of hydrogen-bond donors (Lipinski definition) is 3. The number of nitrogens with zero attached hydrogens (tertiary/aromatic N) is 1. The molecule has 3 N–H and O–H groups in total. The number of allylic oxidation sites excluding steroid dienone is 1. The molecule has 0 saturated carbocycles. The Morgan fingerprint density at radius 3 is 2.38 bits per heavy atom. The highest BCUT2D eigenvalue weighted by molar-refractivity contribution is 6.34. The van der Waals surface area contributed by atoms with Crippen LogP contribution in [0.15, 0.2) is 18.7 Å². The van der Waals surface area contributed by atoms with Gasteiger partial charge >= 0.3 is 11.9 Å². The highest BCUT2D eigenvalue weighted by atomic mass is 16.4. The van der Waals surface area contributed by atoms with E-state index in [1.807, 2.05) is 0 Å². The molecule has 0 radical (unpaired) electrons. The van der Waals surface area contributed by atoms with Crippen molar-refractivity contribution in [2.24, 2.45) is 0 Å². The van der Waals surface area contributed by atoms with E-state index < -0.39 is 23.5 Å². The Morgan fingerprint density at radius 2 is 1.83 bits per heavy atom. The van der Waals surface area contributed by atoms with Crippen molar-refractivity contribution in [1.82, 2.24) is 9.97 Å². The summed E-state index contributed by atoms with van der Waals surface area (Å²) in [5.41, 5.74) is -0.701. The third-order valence-corrected chi connectivity index (χ3v) is 3.71. The van der Waals surface area contributed by atoms with Crippen LogP contribution >= 0.6 is 0 Å². The Morgan fingerprint density at radius 1 is 1.17 bits per heavy atom. The lowest BCUT2D eigenvalue weighted by atomic mass is 9.86. The number of aromatic nitrogens is 2. The maximum absolute atomic E-state index is 12.4. The summed E-state index contributed by atoms with van der Waals surface area (Å²) < 4.78 is 0. The molecule has 0 fully saturated rings. The SMILES string of the molecule is C=C1C(=O)c2cc(C(=O)O)[nH]c2-c2c(C(=O)O)cc(C(C)=O)nc21. The summed E-state index contributed by atoms with van der Waals surface area (Å²) >= 11 is 0. The van der Waals surface area contributed by atoms with Crippen molar-refractivity contribution in [3.05, 3.63) is 46.9 Å². The quantitative estimate of drug-likeness (QED) is 0.578. The van der Waals surface area contributed by atoms with Gasteiger partial charge in [-0.15, -0.1) is 0 Å². The van der Waals surface area contributed by atoms with Gasteiger partial charge in [0, 0.05) is 23.6 Å². The zero-order chi connectivity index (χ0) is 17.8. The summed E-state index contributed by atoms with van der Waals surface area (Å²) in [5.74, 6) is -3.68. The highest BCUT2D eigenvalue weighted by Gasteiger charge is 2.34. The standard InChI is InChI=1S/C16H10N2O6/c1-5-12-11(7(15(21)22)3-9(17-12)6(2)19)13-8(14(5)20)4-10(18-13)16(23)24/h3-4,18H,1H2,2H3,(H,21,22)(H,23,24). The molecular weight excluding hydrogens is 316 g/mol. The Kier molecular flexibility index (Phi) is 3.19. The number of carbonyl (C=O) groups excluding carboxylic acids is 2. The summed E-state index contributed by atoms with van der Waals surface area (Å²) in [6.07, 6.45) is 0. The van der Waals surface area contributed by atoms with E-state index in [1.54, 1.807) is 0 Å². The first-order valence-corrected chi connectivity index (χ1v) is 6.72. The number of H-pyrrole nitrogens is 1. The number of pyridine rings is 1. The maximum Gasteiger partial charge on any atom is 0.352 e. The number of nitrogens with one attached hydrogen (secondary N) is 1. The maximum atomic E-state index is 12.4. The third kappa shape index (κ3) is 2.04. The number of carboxylic acids is 2. The van der Waals surface area contributed by atoms with Gasteiger partial charge in [-0.25, -0.2) is 14.6 Å². The van der Waals surface area contributed by atoms with Crippen LogP contribution in [-0.2, 0) is 0 Å². The number of carboxylic acid groups (broad SMARTS) is 2. The molecule has 0 amide bonds. The van der Waals surface area contributed by atoms with E-state index in [4.69, 9.17) is 5.11 Å². The van der Waals surface area contributed by atoms with Gasteiger partial charge in [0.15, 0.2) is 11.6 Å². The predicted octanol–water partition coefficient (Wildman–Crippen LogP) is 1.89. The smallest absolute Gasteiger partial charge is 0.352 e. The summed E-state index contributed by atoms with van der Waals surface area (Å²) in [6, 6.07) is 2.22. The fourth-order valence-corrected chi connectivity index (χ4v) is 2.58. The van der Waals surface area contributed by atoms with E-state index in [0.717, 1.165) is 12.1 Å². The topological polar surface area (TPSA) is 137 Å². The van der Waals surface area contributed by atoms with Crippen molar-refractivity contribution in [2.45, 2.75) is 6.92 Å². The molecule has 1 aliphatic rings. The summed E-state index contributed by atoms with van der Waals surface area (Å²) in [5, 5.41) is 18.5. The molecule has 0 atom stereocenters. The normalized spacial score (nSPS) is 12.5. The molecule has 24 heavy (non-hydrogen) atoms. The van der Waals surface area contributed by atoms with Crippen LogP contribution in [0.4, 0.5) is 0 Å². The number of ketones is 2. The van der Waals surface area contributed by atoms with Crippen LogP contribution in [0, 0.1) is 0 Å². The van der Waals surface area contributed by atoms with Crippen LogP contribution in [0.5, 0.6) is 0 Å². The molecule has 8 nitrogen and oxygen atoms in total. The minimum absolute atomic E-state index is 0.00442. The molecule has 2 heterocycles. The molecule has 0 spiro atoms. The summed E-state index contributed by atoms with van der Waals surface area (Å²) in [6.45, 7) is 4.83. The zero-order valence-electron chi connectivity index (χ0n) is 12.3. The van der Waals surface area contributed by atoms with Crippen molar-refractivity contribution < 1.29 is 29.4 Å².